The molecule has 5 heteroatoms. The van der Waals surface area contributed by atoms with Crippen molar-refractivity contribution in [2.75, 3.05) is 25.9 Å². The first-order chi connectivity index (χ1) is 9.00. The molecule has 0 aliphatic carbocycles. The van der Waals surface area contributed by atoms with Crippen molar-refractivity contribution < 1.29 is 8.42 Å². The number of piperidine rings is 1. The fraction of sp³-hybridized carbons (Fsp3) is 0.600. The minimum atomic E-state index is -3.10. The molecule has 3 nitrogen and oxygen atoms in total. The smallest absolute Gasteiger partial charge is 0.175 e. The number of likely N-dealkylation sites (tertiary alicyclic amines) is 1. The summed E-state index contributed by atoms with van der Waals surface area (Å²) in [6.07, 6.45) is 4.81. The lowest BCUT2D eigenvalue weighted by Gasteiger charge is -2.32. The van der Waals surface area contributed by atoms with Gasteiger partial charge in [-0.15, -0.1) is 12.4 Å². The minimum absolute atomic E-state index is 0. The highest BCUT2D eigenvalue weighted by Gasteiger charge is 2.21. The molecule has 0 bridgehead atoms. The first-order valence-electron chi connectivity index (χ1n) is 7.03. The van der Waals surface area contributed by atoms with Crippen LogP contribution in [0.1, 0.15) is 37.7 Å². The standard InChI is InChI=1S/C15H23NO2S.ClH/c1-3-9-16-10-5-7-14(12-16)13-6-4-8-15(11-13)19(2,17)18;/h4,6,8,11,14H,3,5,7,9-10,12H2,1-2H3;1H/t14-;/m0./s1. The lowest BCUT2D eigenvalue weighted by atomic mass is 9.90. The first kappa shape index (κ1) is 17.5. The Hall–Kier alpha value is -0.580. The number of hydrogen-bond acceptors (Lipinski definition) is 3. The Balaban J connectivity index is 0.00000200. The molecule has 2 rings (SSSR count). The van der Waals surface area contributed by atoms with Crippen molar-refractivity contribution in [2.45, 2.75) is 37.0 Å². The zero-order valence-corrected chi connectivity index (χ0v) is 13.8. The first-order valence-corrected chi connectivity index (χ1v) is 8.92. The highest BCUT2D eigenvalue weighted by atomic mass is 35.5. The SMILES string of the molecule is CCCN1CCC[C@H](c2cccc(S(C)(=O)=O)c2)C1.Cl. The molecule has 1 atom stereocenters. The molecule has 0 unspecified atom stereocenters. The Bertz CT molecular complexity index is 528. The van der Waals surface area contributed by atoms with E-state index < -0.39 is 9.84 Å². The van der Waals surface area contributed by atoms with E-state index in [4.69, 9.17) is 0 Å². The average Bonchev–Trinajstić information content (AvgIpc) is 2.39. The van der Waals surface area contributed by atoms with Crippen LogP contribution in [0.3, 0.4) is 0 Å². The molecule has 0 N–H and O–H groups in total. The number of hydrogen-bond donors (Lipinski definition) is 0. The van der Waals surface area contributed by atoms with E-state index in [0.29, 0.717) is 10.8 Å². The quantitative estimate of drug-likeness (QED) is 0.856. The molecular weight excluding hydrogens is 294 g/mol. The third-order valence-corrected chi connectivity index (χ3v) is 4.91. The summed E-state index contributed by atoms with van der Waals surface area (Å²) in [4.78, 5) is 2.93. The van der Waals surface area contributed by atoms with E-state index in [1.807, 2.05) is 12.1 Å². The minimum Gasteiger partial charge on any atom is -0.303 e. The zero-order chi connectivity index (χ0) is 13.9. The Labute approximate surface area is 128 Å². The fourth-order valence-corrected chi connectivity index (χ4v) is 3.52. The van der Waals surface area contributed by atoms with E-state index in [2.05, 4.69) is 17.9 Å². The van der Waals surface area contributed by atoms with Crippen molar-refractivity contribution >= 4 is 22.2 Å². The second-order valence-electron chi connectivity index (χ2n) is 5.48. The lowest BCUT2D eigenvalue weighted by Crippen LogP contribution is -2.34. The van der Waals surface area contributed by atoms with Crippen LogP contribution in [0.25, 0.3) is 0 Å². The summed E-state index contributed by atoms with van der Waals surface area (Å²) in [5.41, 5.74) is 1.17. The van der Waals surface area contributed by atoms with Crippen molar-refractivity contribution in [3.63, 3.8) is 0 Å². The van der Waals surface area contributed by atoms with Gasteiger partial charge in [-0.25, -0.2) is 8.42 Å². The molecule has 20 heavy (non-hydrogen) atoms. The fourth-order valence-electron chi connectivity index (χ4n) is 2.85. The van der Waals surface area contributed by atoms with Gasteiger partial charge in [0.05, 0.1) is 4.90 Å². The largest absolute Gasteiger partial charge is 0.303 e. The molecule has 1 saturated heterocycles. The van der Waals surface area contributed by atoms with Gasteiger partial charge in [0.25, 0.3) is 0 Å². The van der Waals surface area contributed by atoms with E-state index in [1.165, 1.54) is 31.2 Å². The van der Waals surface area contributed by atoms with Crippen LogP contribution in [0.4, 0.5) is 0 Å². The van der Waals surface area contributed by atoms with Gasteiger partial charge in [0.1, 0.15) is 0 Å². The summed E-state index contributed by atoms with van der Waals surface area (Å²) in [6, 6.07) is 7.47. The Morgan fingerprint density at radius 3 is 2.75 bits per heavy atom. The van der Waals surface area contributed by atoms with E-state index >= 15 is 0 Å². The normalized spacial score (nSPS) is 20.4. The predicted octanol–water partition coefficient (Wildman–Crippen LogP) is 3.10. The molecule has 1 aliphatic rings. The van der Waals surface area contributed by atoms with Crippen molar-refractivity contribution in [1.82, 2.24) is 4.90 Å². The number of sulfone groups is 1. The number of nitrogens with zero attached hydrogens (tertiary/aromatic N) is 1. The van der Waals surface area contributed by atoms with Gasteiger partial charge >= 0.3 is 0 Å². The van der Waals surface area contributed by atoms with Crippen molar-refractivity contribution in [2.24, 2.45) is 0 Å². The maximum atomic E-state index is 11.6. The van der Waals surface area contributed by atoms with Gasteiger partial charge in [0.2, 0.25) is 0 Å². The third-order valence-electron chi connectivity index (χ3n) is 3.80. The van der Waals surface area contributed by atoms with E-state index in [9.17, 15) is 8.42 Å². The second kappa shape index (κ2) is 7.43. The van der Waals surface area contributed by atoms with Gasteiger partial charge in [-0.2, -0.15) is 0 Å². The maximum Gasteiger partial charge on any atom is 0.175 e. The van der Waals surface area contributed by atoms with Gasteiger partial charge < -0.3 is 4.90 Å². The molecular formula is C15H24ClNO2S. The summed E-state index contributed by atoms with van der Waals surface area (Å²) in [5.74, 6) is 0.474. The van der Waals surface area contributed by atoms with Crippen LogP contribution in [0.5, 0.6) is 0 Å². The van der Waals surface area contributed by atoms with Crippen LogP contribution in [0.15, 0.2) is 29.2 Å². The van der Waals surface area contributed by atoms with Crippen LogP contribution in [0.2, 0.25) is 0 Å². The maximum absolute atomic E-state index is 11.6. The summed E-state index contributed by atoms with van der Waals surface area (Å²) >= 11 is 0. The zero-order valence-electron chi connectivity index (χ0n) is 12.2. The van der Waals surface area contributed by atoms with Crippen molar-refractivity contribution in [3.8, 4) is 0 Å². The highest BCUT2D eigenvalue weighted by molar-refractivity contribution is 7.90. The molecule has 1 aromatic rings. The molecule has 1 aliphatic heterocycles. The van der Waals surface area contributed by atoms with Gasteiger partial charge in [-0.3, -0.25) is 0 Å². The van der Waals surface area contributed by atoms with E-state index in [0.717, 1.165) is 19.5 Å². The van der Waals surface area contributed by atoms with Crippen LogP contribution < -0.4 is 0 Å². The Morgan fingerprint density at radius 2 is 2.10 bits per heavy atom. The summed E-state index contributed by atoms with van der Waals surface area (Å²) in [7, 11) is -3.10. The number of halogens is 1. The summed E-state index contributed by atoms with van der Waals surface area (Å²) in [5, 5.41) is 0. The molecule has 0 spiro atoms. The van der Waals surface area contributed by atoms with Gasteiger partial charge in [-0.05, 0) is 56.0 Å². The van der Waals surface area contributed by atoms with Gasteiger partial charge in [0.15, 0.2) is 9.84 Å². The third kappa shape index (κ3) is 4.47. The molecule has 0 radical (unpaired) electrons. The van der Waals surface area contributed by atoms with Crippen LogP contribution in [-0.4, -0.2) is 39.2 Å². The molecule has 114 valence electrons. The topological polar surface area (TPSA) is 37.4 Å². The Morgan fingerprint density at radius 1 is 1.35 bits per heavy atom. The van der Waals surface area contributed by atoms with Gasteiger partial charge in [-0.1, -0.05) is 19.1 Å². The van der Waals surface area contributed by atoms with Crippen LogP contribution >= 0.6 is 12.4 Å². The molecule has 1 heterocycles. The monoisotopic (exact) mass is 317 g/mol. The molecule has 1 fully saturated rings. The average molecular weight is 318 g/mol. The number of rotatable bonds is 4. The van der Waals surface area contributed by atoms with Gasteiger partial charge in [0, 0.05) is 12.8 Å². The summed E-state index contributed by atoms with van der Waals surface area (Å²) in [6.45, 7) is 5.58. The molecule has 0 amide bonds. The molecule has 1 aromatic carbocycles. The highest BCUT2D eigenvalue weighted by Crippen LogP contribution is 2.28. The molecule has 0 aromatic heterocycles. The van der Waals surface area contributed by atoms with Crippen molar-refractivity contribution in [1.29, 1.82) is 0 Å². The predicted molar refractivity (Wildman–Crippen MR) is 85.5 cm³/mol. The van der Waals surface area contributed by atoms with Crippen molar-refractivity contribution in [3.05, 3.63) is 29.8 Å². The van der Waals surface area contributed by atoms with Crippen LogP contribution in [0, 0.1) is 0 Å². The summed E-state index contributed by atoms with van der Waals surface area (Å²) < 4.78 is 23.2. The Kier molecular flexibility index (Phi) is 6.49. The van der Waals surface area contributed by atoms with Crippen LogP contribution in [-0.2, 0) is 9.84 Å². The lowest BCUT2D eigenvalue weighted by molar-refractivity contribution is 0.208. The van der Waals surface area contributed by atoms with E-state index in [1.54, 1.807) is 6.07 Å². The molecule has 0 saturated carbocycles. The number of benzene rings is 1. The van der Waals surface area contributed by atoms with E-state index in [-0.39, 0.29) is 12.4 Å². The second-order valence-corrected chi connectivity index (χ2v) is 7.50.